The van der Waals surface area contributed by atoms with E-state index in [0.29, 0.717) is 10.0 Å². The maximum atomic E-state index is 12.1. The van der Waals surface area contributed by atoms with Crippen LogP contribution < -0.4 is 0 Å². The second-order valence-electron chi connectivity index (χ2n) is 5.19. The van der Waals surface area contributed by atoms with Crippen molar-refractivity contribution >= 4 is 42.9 Å². The third-order valence-electron chi connectivity index (χ3n) is 3.30. The Hall–Kier alpha value is -1.16. The van der Waals surface area contributed by atoms with E-state index < -0.39 is 19.7 Å². The Labute approximate surface area is 162 Å². The second kappa shape index (κ2) is 9.16. The molecule has 0 radical (unpaired) electrons. The molecule has 0 spiro atoms. The molecule has 142 valence electrons. The first-order chi connectivity index (χ1) is 12.2. The fraction of sp³-hybridized carbons (Fsp3) is 0.250. The summed E-state index contributed by atoms with van der Waals surface area (Å²) in [6.45, 7) is -0.460. The Kier molecular flexibility index (Phi) is 7.45. The summed E-state index contributed by atoms with van der Waals surface area (Å²) < 4.78 is 48.3. The van der Waals surface area contributed by atoms with Crippen molar-refractivity contribution in [2.45, 2.75) is 9.79 Å². The van der Waals surface area contributed by atoms with Gasteiger partial charge in [-0.3, -0.25) is 0 Å². The molecule has 0 saturated carbocycles. The van der Waals surface area contributed by atoms with Crippen molar-refractivity contribution in [1.29, 1.82) is 0 Å². The third kappa shape index (κ3) is 6.22. The van der Waals surface area contributed by atoms with E-state index in [2.05, 4.69) is 0 Å². The van der Waals surface area contributed by atoms with Crippen LogP contribution in [-0.4, -0.2) is 41.6 Å². The summed E-state index contributed by atoms with van der Waals surface area (Å²) in [5.41, 5.74) is 0. The molecule has 0 aromatic heterocycles. The van der Waals surface area contributed by atoms with Crippen molar-refractivity contribution < 1.29 is 26.6 Å². The van der Waals surface area contributed by atoms with Crippen molar-refractivity contribution in [1.82, 2.24) is 0 Å². The van der Waals surface area contributed by atoms with Crippen LogP contribution in [0.1, 0.15) is 0 Å². The van der Waals surface area contributed by atoms with Gasteiger partial charge in [0.05, 0.1) is 34.5 Å². The molecule has 0 atom stereocenters. The first-order valence-electron chi connectivity index (χ1n) is 7.42. The van der Waals surface area contributed by atoms with Crippen LogP contribution in [0.5, 0.6) is 0 Å². The molecule has 0 saturated heterocycles. The van der Waals surface area contributed by atoms with E-state index in [0.717, 1.165) is 0 Å². The van der Waals surface area contributed by atoms with E-state index >= 15 is 0 Å². The number of sulfone groups is 2. The molecule has 6 nitrogen and oxygen atoms in total. The lowest BCUT2D eigenvalue weighted by Gasteiger charge is -2.07. The number of hydrogen-bond acceptors (Lipinski definition) is 6. The molecular formula is C16H16Cl2O6S2. The molecule has 2 aromatic rings. The highest BCUT2D eigenvalue weighted by atomic mass is 35.5. The van der Waals surface area contributed by atoms with Gasteiger partial charge >= 0.3 is 0 Å². The SMILES string of the molecule is O=S(=O)(CCOOCCS(=O)(=O)c1ccc(Cl)cc1)c1ccc(Cl)cc1. The van der Waals surface area contributed by atoms with Gasteiger partial charge in [0.25, 0.3) is 0 Å². The predicted octanol–water partition coefficient (Wildman–Crippen LogP) is 3.19. The Morgan fingerprint density at radius 3 is 1.23 bits per heavy atom. The lowest BCUT2D eigenvalue weighted by atomic mass is 10.4. The molecule has 0 N–H and O–H groups in total. The van der Waals surface area contributed by atoms with Crippen LogP contribution in [0, 0.1) is 0 Å². The standard InChI is InChI=1S/C16H16Cl2O6S2/c17-13-1-5-15(6-2-13)25(19,20)11-9-23-24-10-12-26(21,22)16-7-3-14(18)4-8-16/h1-8H,9-12H2. The Morgan fingerprint density at radius 2 is 0.923 bits per heavy atom. The fourth-order valence-electron chi connectivity index (χ4n) is 1.92. The number of benzene rings is 2. The average molecular weight is 439 g/mol. The molecule has 2 aromatic carbocycles. The fourth-order valence-corrected chi connectivity index (χ4v) is 4.32. The average Bonchev–Trinajstić information content (AvgIpc) is 2.58. The first kappa shape index (κ1) is 21.1. The van der Waals surface area contributed by atoms with Gasteiger partial charge in [-0.2, -0.15) is 0 Å². The molecule has 0 aliphatic rings. The summed E-state index contributed by atoms with van der Waals surface area (Å²) in [7, 11) is -7.07. The summed E-state index contributed by atoms with van der Waals surface area (Å²) in [5.74, 6) is -0.614. The molecule has 0 heterocycles. The van der Waals surface area contributed by atoms with Gasteiger partial charge in [0.15, 0.2) is 19.7 Å². The minimum atomic E-state index is -3.53. The summed E-state index contributed by atoms with van der Waals surface area (Å²) in [5, 5.41) is 0.871. The molecule has 26 heavy (non-hydrogen) atoms. The highest BCUT2D eigenvalue weighted by Crippen LogP contribution is 2.16. The van der Waals surface area contributed by atoms with Crippen LogP contribution in [0.4, 0.5) is 0 Å². The minimum Gasteiger partial charge on any atom is -0.236 e. The van der Waals surface area contributed by atoms with E-state index in [1.54, 1.807) is 0 Å². The van der Waals surface area contributed by atoms with E-state index in [-0.39, 0.29) is 34.5 Å². The summed E-state index contributed by atoms with van der Waals surface area (Å²) in [4.78, 5) is 9.79. The first-order valence-corrected chi connectivity index (χ1v) is 11.5. The Morgan fingerprint density at radius 1 is 0.615 bits per heavy atom. The van der Waals surface area contributed by atoms with Crippen LogP contribution in [0.25, 0.3) is 0 Å². The van der Waals surface area contributed by atoms with Gasteiger partial charge in [-0.15, -0.1) is 0 Å². The maximum Gasteiger partial charge on any atom is 0.180 e. The molecule has 0 fully saturated rings. The Balaban J connectivity index is 1.75. The number of rotatable bonds is 9. The van der Waals surface area contributed by atoms with Crippen molar-refractivity contribution in [3.63, 3.8) is 0 Å². The topological polar surface area (TPSA) is 86.7 Å². The van der Waals surface area contributed by atoms with Crippen molar-refractivity contribution in [2.24, 2.45) is 0 Å². The van der Waals surface area contributed by atoms with Crippen LogP contribution in [0.2, 0.25) is 10.0 Å². The van der Waals surface area contributed by atoms with Gasteiger partial charge in [-0.1, -0.05) is 23.2 Å². The number of halogens is 2. The largest absolute Gasteiger partial charge is 0.236 e. The molecule has 10 heteroatoms. The maximum absolute atomic E-state index is 12.1. The molecule has 2 rings (SSSR count). The monoisotopic (exact) mass is 438 g/mol. The summed E-state index contributed by atoms with van der Waals surface area (Å²) in [6, 6.07) is 11.5. The van der Waals surface area contributed by atoms with Gasteiger partial charge in [-0.05, 0) is 48.5 Å². The van der Waals surface area contributed by atoms with Gasteiger partial charge in [-0.25, -0.2) is 26.6 Å². The molecule has 0 aliphatic heterocycles. The quantitative estimate of drug-likeness (QED) is 0.339. The van der Waals surface area contributed by atoms with Crippen molar-refractivity contribution in [2.75, 3.05) is 24.7 Å². The lowest BCUT2D eigenvalue weighted by Crippen LogP contribution is -2.16. The van der Waals surface area contributed by atoms with E-state index in [1.807, 2.05) is 0 Å². The molecule has 0 aliphatic carbocycles. The van der Waals surface area contributed by atoms with E-state index in [4.69, 9.17) is 33.0 Å². The van der Waals surface area contributed by atoms with Gasteiger partial charge < -0.3 is 0 Å². The highest BCUT2D eigenvalue weighted by Gasteiger charge is 2.16. The van der Waals surface area contributed by atoms with Gasteiger partial charge in [0.2, 0.25) is 0 Å². The van der Waals surface area contributed by atoms with Crippen LogP contribution in [0.15, 0.2) is 58.3 Å². The van der Waals surface area contributed by atoms with Crippen molar-refractivity contribution in [3.05, 3.63) is 58.6 Å². The normalized spacial score (nSPS) is 12.2. The lowest BCUT2D eigenvalue weighted by molar-refractivity contribution is -0.286. The molecule has 0 bridgehead atoms. The van der Waals surface area contributed by atoms with Crippen molar-refractivity contribution in [3.8, 4) is 0 Å². The van der Waals surface area contributed by atoms with Crippen LogP contribution >= 0.6 is 23.2 Å². The van der Waals surface area contributed by atoms with E-state index in [1.165, 1.54) is 48.5 Å². The Bertz CT molecular complexity index is 844. The molecule has 0 amide bonds. The van der Waals surface area contributed by atoms with Gasteiger partial charge in [0.1, 0.15) is 0 Å². The van der Waals surface area contributed by atoms with Gasteiger partial charge in [0, 0.05) is 10.0 Å². The molecular weight excluding hydrogens is 423 g/mol. The molecule has 0 unspecified atom stereocenters. The zero-order valence-corrected chi connectivity index (χ0v) is 16.6. The summed E-state index contributed by atoms with van der Waals surface area (Å²) >= 11 is 11.4. The smallest absolute Gasteiger partial charge is 0.180 e. The highest BCUT2D eigenvalue weighted by molar-refractivity contribution is 7.91. The summed E-state index contributed by atoms with van der Waals surface area (Å²) in [6.07, 6.45) is 0. The minimum absolute atomic E-state index is 0.121. The third-order valence-corrected chi connectivity index (χ3v) is 7.19. The second-order valence-corrected chi connectivity index (χ2v) is 10.3. The van der Waals surface area contributed by atoms with E-state index in [9.17, 15) is 16.8 Å². The zero-order chi connectivity index (χ0) is 19.2. The predicted molar refractivity (Wildman–Crippen MR) is 98.9 cm³/mol. The van der Waals surface area contributed by atoms with Crippen LogP contribution in [-0.2, 0) is 29.4 Å². The zero-order valence-electron chi connectivity index (χ0n) is 13.5. The number of hydrogen-bond donors (Lipinski definition) is 0. The van der Waals surface area contributed by atoms with Crippen LogP contribution in [0.3, 0.4) is 0 Å².